The van der Waals surface area contributed by atoms with E-state index in [1.54, 1.807) is 26.2 Å². The summed E-state index contributed by atoms with van der Waals surface area (Å²) >= 11 is 0. The standard InChI is InChI=1S/C23H24N4O6/c1-4-14(12-8-9-16-17(10-12)33-11-32-16)24-18-19(22(30)26-21(18)29)25-15-7-5-6-13(20(15)28)23(31)27(2)3/h5-10,14,28H,4,11H2,1-3H3,(H3,24,25,26,29,30)/t14-/m1/s1. The van der Waals surface area contributed by atoms with E-state index in [4.69, 9.17) is 9.47 Å². The number of carbonyl (C=O) groups is 3. The average Bonchev–Trinajstić information content (AvgIpc) is 3.36. The molecule has 0 saturated carbocycles. The second kappa shape index (κ2) is 8.73. The van der Waals surface area contributed by atoms with E-state index >= 15 is 0 Å². The summed E-state index contributed by atoms with van der Waals surface area (Å²) in [6.45, 7) is 2.09. The molecule has 0 aromatic heterocycles. The lowest BCUT2D eigenvalue weighted by molar-refractivity contribution is -0.124. The molecule has 0 aliphatic carbocycles. The van der Waals surface area contributed by atoms with Gasteiger partial charge in [-0.25, -0.2) is 0 Å². The van der Waals surface area contributed by atoms with Crippen molar-refractivity contribution in [3.63, 3.8) is 0 Å². The lowest BCUT2D eigenvalue weighted by Crippen LogP contribution is -2.29. The number of aromatic hydroxyl groups is 1. The van der Waals surface area contributed by atoms with Crippen molar-refractivity contribution in [2.75, 3.05) is 26.2 Å². The zero-order chi connectivity index (χ0) is 23.7. The molecule has 33 heavy (non-hydrogen) atoms. The summed E-state index contributed by atoms with van der Waals surface area (Å²) in [5.41, 5.74) is 1.02. The Bertz CT molecular complexity index is 1170. The summed E-state index contributed by atoms with van der Waals surface area (Å²) < 4.78 is 10.8. The Morgan fingerprint density at radius 1 is 1.12 bits per heavy atom. The molecule has 1 atom stereocenters. The number of amides is 3. The fourth-order valence-corrected chi connectivity index (χ4v) is 3.63. The lowest BCUT2D eigenvalue weighted by atomic mass is 10.0. The van der Waals surface area contributed by atoms with Crippen LogP contribution >= 0.6 is 0 Å². The van der Waals surface area contributed by atoms with Crippen LogP contribution in [0.2, 0.25) is 0 Å². The fourth-order valence-electron chi connectivity index (χ4n) is 3.63. The van der Waals surface area contributed by atoms with Crippen molar-refractivity contribution < 1.29 is 29.0 Å². The van der Waals surface area contributed by atoms with E-state index in [1.807, 2.05) is 19.1 Å². The molecule has 0 bridgehead atoms. The molecule has 2 aromatic carbocycles. The summed E-state index contributed by atoms with van der Waals surface area (Å²) in [7, 11) is 3.13. The Hall–Kier alpha value is -4.21. The molecule has 0 unspecified atom stereocenters. The van der Waals surface area contributed by atoms with Crippen LogP contribution in [0.5, 0.6) is 17.2 Å². The van der Waals surface area contributed by atoms with E-state index in [-0.39, 0.29) is 41.2 Å². The number of fused-ring (bicyclic) bond motifs is 1. The number of anilines is 1. The SMILES string of the molecule is CC[C@@H](NC1=C(Nc2cccc(C(=O)N(C)C)c2O)C(=O)NC1=O)c1ccc2c(c1)OCO2. The van der Waals surface area contributed by atoms with Crippen LogP contribution < -0.4 is 25.4 Å². The number of benzene rings is 2. The average molecular weight is 452 g/mol. The van der Waals surface area contributed by atoms with Crippen molar-refractivity contribution in [2.45, 2.75) is 19.4 Å². The molecule has 0 radical (unpaired) electrons. The number of nitrogens with zero attached hydrogens (tertiary/aromatic N) is 1. The molecule has 4 N–H and O–H groups in total. The molecule has 4 rings (SSSR count). The zero-order valence-electron chi connectivity index (χ0n) is 18.4. The first-order chi connectivity index (χ1) is 15.8. The largest absolute Gasteiger partial charge is 0.505 e. The first kappa shape index (κ1) is 22.0. The van der Waals surface area contributed by atoms with Gasteiger partial charge in [0.15, 0.2) is 17.2 Å². The van der Waals surface area contributed by atoms with Crippen LogP contribution in [0.25, 0.3) is 0 Å². The van der Waals surface area contributed by atoms with Crippen molar-refractivity contribution in [1.29, 1.82) is 0 Å². The predicted octanol–water partition coefficient (Wildman–Crippen LogP) is 1.84. The Kier molecular flexibility index (Phi) is 5.82. The van der Waals surface area contributed by atoms with Crippen molar-refractivity contribution in [1.82, 2.24) is 15.5 Å². The summed E-state index contributed by atoms with van der Waals surface area (Å²) in [5.74, 6) is -0.707. The van der Waals surface area contributed by atoms with Crippen LogP contribution in [-0.4, -0.2) is 48.6 Å². The number of rotatable bonds is 7. The van der Waals surface area contributed by atoms with Crippen LogP contribution in [0.3, 0.4) is 0 Å². The van der Waals surface area contributed by atoms with Crippen LogP contribution in [0.4, 0.5) is 5.69 Å². The Balaban J connectivity index is 1.65. The number of phenolic OH excluding ortho intramolecular Hbond substituents is 1. The number of ether oxygens (including phenoxy) is 2. The number of hydrogen-bond donors (Lipinski definition) is 4. The van der Waals surface area contributed by atoms with E-state index in [1.165, 1.54) is 17.0 Å². The van der Waals surface area contributed by atoms with Gasteiger partial charge in [-0.1, -0.05) is 19.1 Å². The van der Waals surface area contributed by atoms with Gasteiger partial charge >= 0.3 is 0 Å². The number of nitrogens with one attached hydrogen (secondary N) is 3. The van der Waals surface area contributed by atoms with Crippen LogP contribution in [0.1, 0.15) is 35.3 Å². The Labute approximate surface area is 190 Å². The molecule has 2 aromatic rings. The topological polar surface area (TPSA) is 129 Å². The summed E-state index contributed by atoms with van der Waals surface area (Å²) in [6, 6.07) is 9.73. The maximum atomic E-state index is 12.5. The summed E-state index contributed by atoms with van der Waals surface area (Å²) in [4.78, 5) is 38.7. The van der Waals surface area contributed by atoms with E-state index in [0.717, 1.165) is 5.56 Å². The zero-order valence-corrected chi connectivity index (χ0v) is 18.4. The first-order valence-electron chi connectivity index (χ1n) is 10.4. The van der Waals surface area contributed by atoms with Gasteiger partial charge in [-0.05, 0) is 36.2 Å². The third-order valence-corrected chi connectivity index (χ3v) is 5.39. The molecule has 2 aliphatic heterocycles. The van der Waals surface area contributed by atoms with E-state index in [0.29, 0.717) is 17.9 Å². The molecule has 0 fully saturated rings. The van der Waals surface area contributed by atoms with E-state index in [2.05, 4.69) is 16.0 Å². The molecule has 0 spiro atoms. The van der Waals surface area contributed by atoms with Crippen molar-refractivity contribution in [3.05, 3.63) is 58.9 Å². The Morgan fingerprint density at radius 3 is 2.58 bits per heavy atom. The van der Waals surface area contributed by atoms with Gasteiger partial charge in [-0.3, -0.25) is 19.7 Å². The highest BCUT2D eigenvalue weighted by molar-refractivity contribution is 6.20. The molecule has 172 valence electrons. The van der Waals surface area contributed by atoms with Crippen molar-refractivity contribution >= 4 is 23.4 Å². The third-order valence-electron chi connectivity index (χ3n) is 5.39. The highest BCUT2D eigenvalue weighted by Crippen LogP contribution is 2.35. The number of carbonyl (C=O) groups excluding carboxylic acids is 3. The second-order valence-electron chi connectivity index (χ2n) is 7.78. The normalized spacial score (nSPS) is 15.4. The number of hydrogen-bond acceptors (Lipinski definition) is 8. The lowest BCUT2D eigenvalue weighted by Gasteiger charge is -2.20. The minimum atomic E-state index is -0.647. The Morgan fingerprint density at radius 2 is 1.85 bits per heavy atom. The maximum absolute atomic E-state index is 12.5. The molecule has 2 aliphatic rings. The quantitative estimate of drug-likeness (QED) is 0.370. The van der Waals surface area contributed by atoms with Crippen molar-refractivity contribution in [2.24, 2.45) is 0 Å². The summed E-state index contributed by atoms with van der Waals surface area (Å²) in [6.07, 6.45) is 0.607. The van der Waals surface area contributed by atoms with Crippen LogP contribution in [-0.2, 0) is 9.59 Å². The first-order valence-corrected chi connectivity index (χ1v) is 10.4. The van der Waals surface area contributed by atoms with Crippen molar-refractivity contribution in [3.8, 4) is 17.2 Å². The minimum absolute atomic E-state index is 0.0354. The molecule has 2 heterocycles. The fraction of sp³-hybridized carbons (Fsp3) is 0.261. The number of para-hydroxylation sites is 1. The van der Waals surface area contributed by atoms with E-state index in [9.17, 15) is 19.5 Å². The molecule has 10 heteroatoms. The van der Waals surface area contributed by atoms with Gasteiger partial charge in [0.2, 0.25) is 6.79 Å². The minimum Gasteiger partial charge on any atom is -0.505 e. The van der Waals surface area contributed by atoms with Gasteiger partial charge in [-0.15, -0.1) is 0 Å². The highest BCUT2D eigenvalue weighted by atomic mass is 16.7. The van der Waals surface area contributed by atoms with Gasteiger partial charge in [0.25, 0.3) is 17.7 Å². The molecular formula is C23H24N4O6. The van der Waals surface area contributed by atoms with Gasteiger partial charge in [0.1, 0.15) is 11.4 Å². The van der Waals surface area contributed by atoms with Gasteiger partial charge in [-0.2, -0.15) is 0 Å². The highest BCUT2D eigenvalue weighted by Gasteiger charge is 2.33. The van der Waals surface area contributed by atoms with Gasteiger partial charge in [0.05, 0.1) is 17.3 Å². The molecule has 10 nitrogen and oxygen atoms in total. The summed E-state index contributed by atoms with van der Waals surface area (Å²) in [5, 5.41) is 18.8. The molecule has 3 amide bonds. The van der Waals surface area contributed by atoms with Crippen LogP contribution in [0, 0.1) is 0 Å². The smallest absolute Gasteiger partial charge is 0.276 e. The number of phenols is 1. The van der Waals surface area contributed by atoms with Gasteiger partial charge < -0.3 is 30.1 Å². The van der Waals surface area contributed by atoms with E-state index < -0.39 is 17.7 Å². The monoisotopic (exact) mass is 452 g/mol. The molecular weight excluding hydrogens is 428 g/mol. The maximum Gasteiger partial charge on any atom is 0.276 e. The predicted molar refractivity (Wildman–Crippen MR) is 119 cm³/mol. The second-order valence-corrected chi connectivity index (χ2v) is 7.78. The molecule has 0 saturated heterocycles. The van der Waals surface area contributed by atoms with Crippen LogP contribution in [0.15, 0.2) is 47.8 Å². The number of imide groups is 1. The third kappa shape index (κ3) is 4.14. The van der Waals surface area contributed by atoms with Gasteiger partial charge in [0, 0.05) is 14.1 Å².